The highest BCUT2D eigenvalue weighted by Crippen LogP contribution is 2.25. The Kier molecular flexibility index (Phi) is 5.08. The Morgan fingerprint density at radius 2 is 2.05 bits per heavy atom. The van der Waals surface area contributed by atoms with Crippen LogP contribution in [-0.2, 0) is 0 Å². The summed E-state index contributed by atoms with van der Waals surface area (Å²) < 4.78 is 1.25. The average molecular weight is 337 g/mol. The molecule has 0 saturated heterocycles. The summed E-state index contributed by atoms with van der Waals surface area (Å²) in [5.41, 5.74) is 1.26. The third-order valence-electron chi connectivity index (χ3n) is 3.02. The number of aromatic nitrogens is 2. The summed E-state index contributed by atoms with van der Waals surface area (Å²) in [6.45, 7) is 7.21. The Morgan fingerprint density at radius 1 is 1.36 bits per heavy atom. The lowest BCUT2D eigenvalue weighted by Gasteiger charge is -2.14. The van der Waals surface area contributed by atoms with Crippen LogP contribution in [0.2, 0.25) is 5.02 Å². The number of benzene rings is 1. The number of hydrogen-bond donors (Lipinski definition) is 0. The van der Waals surface area contributed by atoms with E-state index in [1.54, 1.807) is 31.2 Å². The second-order valence-corrected chi connectivity index (χ2v) is 7.25. The molecule has 0 N–H and O–H groups in total. The van der Waals surface area contributed by atoms with Gasteiger partial charge in [-0.05, 0) is 30.7 Å². The second-order valence-electron chi connectivity index (χ2n) is 5.22. The molecule has 0 atom stereocenters. The van der Waals surface area contributed by atoms with Gasteiger partial charge in [0.25, 0.3) is 5.56 Å². The maximum absolute atomic E-state index is 12.7. The Morgan fingerprint density at radius 3 is 2.59 bits per heavy atom. The van der Waals surface area contributed by atoms with Crippen LogP contribution in [0.4, 0.5) is 0 Å². The van der Waals surface area contributed by atoms with Crippen LogP contribution in [0.1, 0.15) is 36.8 Å². The maximum atomic E-state index is 12.7. The molecule has 0 amide bonds. The number of carbonyl (C=O) groups excluding carboxylic acids is 1. The van der Waals surface area contributed by atoms with Gasteiger partial charge in [0.2, 0.25) is 0 Å². The number of carbonyl (C=O) groups is 1. The summed E-state index contributed by atoms with van der Waals surface area (Å²) in [6, 6.07) is 6.86. The molecule has 22 heavy (non-hydrogen) atoms. The molecule has 0 aliphatic rings. The summed E-state index contributed by atoms with van der Waals surface area (Å²) in [4.78, 5) is 25.1. The van der Waals surface area contributed by atoms with Gasteiger partial charge in [0.15, 0.2) is 5.78 Å². The van der Waals surface area contributed by atoms with E-state index in [2.05, 4.69) is 5.10 Å². The van der Waals surface area contributed by atoms with E-state index in [0.717, 1.165) is 0 Å². The fraction of sp³-hybridized carbons (Fsp3) is 0.312. The van der Waals surface area contributed by atoms with Crippen LogP contribution < -0.4 is 5.56 Å². The van der Waals surface area contributed by atoms with Gasteiger partial charge in [-0.2, -0.15) is 9.78 Å². The van der Waals surface area contributed by atoms with Crippen molar-refractivity contribution in [2.75, 3.05) is 0 Å². The predicted molar refractivity (Wildman–Crippen MR) is 90.6 cm³/mol. The third-order valence-corrected chi connectivity index (χ3v) is 4.45. The van der Waals surface area contributed by atoms with E-state index >= 15 is 0 Å². The molecule has 1 aromatic heterocycles. The van der Waals surface area contributed by atoms with Gasteiger partial charge < -0.3 is 0 Å². The van der Waals surface area contributed by atoms with Gasteiger partial charge in [0.1, 0.15) is 5.69 Å². The van der Waals surface area contributed by atoms with Crippen LogP contribution >= 0.6 is 23.4 Å². The lowest BCUT2D eigenvalue weighted by molar-refractivity contribution is 0.101. The molecule has 1 heterocycles. The van der Waals surface area contributed by atoms with Gasteiger partial charge in [-0.1, -0.05) is 31.5 Å². The standard InChI is InChI=1S/C16H17ClN2O2S/c1-9(2)22-15-10(3)14(11(4)20)18-19(16(15)21)13-7-5-6-12(17)8-13/h5-9H,1-4H3. The van der Waals surface area contributed by atoms with Crippen molar-refractivity contribution in [1.82, 2.24) is 9.78 Å². The molecule has 0 aliphatic heterocycles. The van der Waals surface area contributed by atoms with E-state index in [1.807, 2.05) is 13.8 Å². The molecule has 116 valence electrons. The van der Waals surface area contributed by atoms with Gasteiger partial charge in [0.05, 0.1) is 10.6 Å². The fourth-order valence-corrected chi connectivity index (χ4v) is 3.19. The topological polar surface area (TPSA) is 52.0 Å². The van der Waals surface area contributed by atoms with E-state index < -0.39 is 0 Å². The quantitative estimate of drug-likeness (QED) is 0.627. The van der Waals surface area contributed by atoms with Gasteiger partial charge in [0, 0.05) is 17.2 Å². The Hall–Kier alpha value is -1.59. The number of hydrogen-bond acceptors (Lipinski definition) is 4. The zero-order valence-electron chi connectivity index (χ0n) is 12.9. The van der Waals surface area contributed by atoms with Crippen LogP contribution in [0.3, 0.4) is 0 Å². The smallest absolute Gasteiger partial charge is 0.285 e. The summed E-state index contributed by atoms with van der Waals surface area (Å²) in [7, 11) is 0. The van der Waals surface area contributed by atoms with Crippen molar-refractivity contribution in [2.45, 2.75) is 37.8 Å². The first-order valence-corrected chi connectivity index (χ1v) is 8.14. The molecule has 0 aliphatic carbocycles. The first kappa shape index (κ1) is 16.8. The molecule has 0 spiro atoms. The monoisotopic (exact) mass is 336 g/mol. The van der Waals surface area contributed by atoms with E-state index in [0.29, 0.717) is 26.9 Å². The lowest BCUT2D eigenvalue weighted by atomic mass is 10.2. The fourth-order valence-electron chi connectivity index (χ4n) is 2.08. The van der Waals surface area contributed by atoms with Crippen molar-refractivity contribution < 1.29 is 4.79 Å². The van der Waals surface area contributed by atoms with Crippen molar-refractivity contribution in [1.29, 1.82) is 0 Å². The molecule has 0 radical (unpaired) electrons. The van der Waals surface area contributed by atoms with Crippen LogP contribution in [0.5, 0.6) is 0 Å². The molecule has 0 bridgehead atoms. The summed E-state index contributed by atoms with van der Waals surface area (Å²) in [5, 5.41) is 4.97. The van der Waals surface area contributed by atoms with Crippen LogP contribution in [0, 0.1) is 6.92 Å². The van der Waals surface area contributed by atoms with Crippen molar-refractivity contribution in [3.05, 3.63) is 50.9 Å². The Bertz CT molecular complexity index is 784. The second kappa shape index (κ2) is 6.67. The number of halogens is 1. The SMILES string of the molecule is CC(=O)c1nn(-c2cccc(Cl)c2)c(=O)c(SC(C)C)c1C. The minimum absolute atomic E-state index is 0.168. The first-order chi connectivity index (χ1) is 10.3. The number of thioether (sulfide) groups is 1. The first-order valence-electron chi connectivity index (χ1n) is 6.88. The minimum atomic E-state index is -0.233. The van der Waals surface area contributed by atoms with E-state index in [-0.39, 0.29) is 16.6 Å². The van der Waals surface area contributed by atoms with Crippen LogP contribution in [-0.4, -0.2) is 20.8 Å². The van der Waals surface area contributed by atoms with Gasteiger partial charge in [-0.15, -0.1) is 11.8 Å². The zero-order chi connectivity index (χ0) is 16.4. The summed E-state index contributed by atoms with van der Waals surface area (Å²) in [6.07, 6.45) is 0. The average Bonchev–Trinajstić information content (AvgIpc) is 2.43. The molecule has 0 unspecified atom stereocenters. The van der Waals surface area contributed by atoms with Crippen molar-refractivity contribution >= 4 is 29.1 Å². The van der Waals surface area contributed by atoms with Crippen LogP contribution in [0.15, 0.2) is 34.0 Å². The predicted octanol–water partition coefficient (Wildman–Crippen LogP) is 3.90. The molecule has 6 heteroatoms. The van der Waals surface area contributed by atoms with E-state index in [9.17, 15) is 9.59 Å². The minimum Gasteiger partial charge on any atom is -0.293 e. The molecule has 0 fully saturated rings. The van der Waals surface area contributed by atoms with Gasteiger partial charge >= 0.3 is 0 Å². The number of nitrogens with zero attached hydrogens (tertiary/aromatic N) is 2. The van der Waals surface area contributed by atoms with Gasteiger partial charge in [-0.3, -0.25) is 9.59 Å². The maximum Gasteiger partial charge on any atom is 0.285 e. The highest BCUT2D eigenvalue weighted by atomic mass is 35.5. The molecule has 1 aromatic carbocycles. The lowest BCUT2D eigenvalue weighted by Crippen LogP contribution is -2.27. The van der Waals surface area contributed by atoms with E-state index in [4.69, 9.17) is 11.6 Å². The molecular weight excluding hydrogens is 320 g/mol. The number of Topliss-reactive ketones (excluding diaryl/α,β-unsaturated/α-hetero) is 1. The molecule has 4 nitrogen and oxygen atoms in total. The Labute approximate surface area is 138 Å². The van der Waals surface area contributed by atoms with Gasteiger partial charge in [-0.25, -0.2) is 0 Å². The number of rotatable bonds is 4. The van der Waals surface area contributed by atoms with E-state index in [1.165, 1.54) is 23.4 Å². The van der Waals surface area contributed by atoms with Crippen molar-refractivity contribution in [2.24, 2.45) is 0 Å². The molecule has 2 rings (SSSR count). The highest BCUT2D eigenvalue weighted by molar-refractivity contribution is 7.99. The Balaban J connectivity index is 2.76. The highest BCUT2D eigenvalue weighted by Gasteiger charge is 2.19. The van der Waals surface area contributed by atoms with Crippen molar-refractivity contribution in [3.8, 4) is 5.69 Å². The largest absolute Gasteiger partial charge is 0.293 e. The third kappa shape index (κ3) is 3.42. The molecule has 2 aromatic rings. The normalized spacial score (nSPS) is 11.0. The summed E-state index contributed by atoms with van der Waals surface area (Å²) >= 11 is 7.43. The molecule has 0 saturated carbocycles. The van der Waals surface area contributed by atoms with Crippen molar-refractivity contribution in [3.63, 3.8) is 0 Å². The zero-order valence-corrected chi connectivity index (χ0v) is 14.5. The summed E-state index contributed by atoms with van der Waals surface area (Å²) in [5.74, 6) is -0.168. The molecular formula is C16H17ClN2O2S. The number of ketones is 1. The van der Waals surface area contributed by atoms with Crippen LogP contribution in [0.25, 0.3) is 5.69 Å².